The molecule has 34 heavy (non-hydrogen) atoms. The van der Waals surface area contributed by atoms with Gasteiger partial charge in [0.2, 0.25) is 0 Å². The third-order valence-electron chi connectivity index (χ3n) is 6.75. The molecule has 0 saturated heterocycles. The van der Waals surface area contributed by atoms with Gasteiger partial charge in [-0.3, -0.25) is 0 Å². The lowest BCUT2D eigenvalue weighted by Gasteiger charge is -2.39. The minimum Gasteiger partial charge on any atom is -0.744 e. The van der Waals surface area contributed by atoms with Crippen LogP contribution in [0.2, 0.25) is 0 Å². The maximum absolute atomic E-state index is 10.4. The van der Waals surface area contributed by atoms with E-state index in [1.165, 1.54) is 133 Å². The third-order valence-corrected chi connectivity index (χ3v) is 7.60. The molecular formula is C29H55NO3S. The highest BCUT2D eigenvalue weighted by Gasteiger charge is 2.25. The number of benzene rings is 1. The molecule has 0 saturated carbocycles. The van der Waals surface area contributed by atoms with E-state index in [4.69, 9.17) is 0 Å². The van der Waals surface area contributed by atoms with Crippen LogP contribution >= 0.6 is 0 Å². The summed E-state index contributed by atoms with van der Waals surface area (Å²) in [5.74, 6) is 0. The summed E-state index contributed by atoms with van der Waals surface area (Å²) in [4.78, 5) is -0.178. The van der Waals surface area contributed by atoms with Gasteiger partial charge in [-0.05, 0) is 64.0 Å². The molecule has 0 bridgehead atoms. The fourth-order valence-electron chi connectivity index (χ4n) is 4.49. The Labute approximate surface area is 212 Å². The molecule has 0 aliphatic heterocycles. The molecule has 0 N–H and O–H groups in total. The molecule has 1 rings (SSSR count). The van der Waals surface area contributed by atoms with Gasteiger partial charge in [-0.25, -0.2) is 8.42 Å². The Morgan fingerprint density at radius 2 is 0.941 bits per heavy atom. The molecule has 0 radical (unpaired) electrons. The van der Waals surface area contributed by atoms with Crippen LogP contribution in [-0.4, -0.2) is 43.6 Å². The quantitative estimate of drug-likeness (QED) is 0.110. The highest BCUT2D eigenvalue weighted by atomic mass is 32.2. The number of aryl methyl sites for hydroxylation is 1. The molecule has 0 heterocycles. The molecule has 0 fully saturated rings. The van der Waals surface area contributed by atoms with E-state index in [1.807, 2.05) is 6.92 Å². The van der Waals surface area contributed by atoms with Gasteiger partial charge in [-0.1, -0.05) is 90.3 Å². The van der Waals surface area contributed by atoms with Crippen molar-refractivity contribution in [1.29, 1.82) is 0 Å². The van der Waals surface area contributed by atoms with Crippen molar-refractivity contribution in [3.63, 3.8) is 0 Å². The molecule has 0 aliphatic carbocycles. The van der Waals surface area contributed by atoms with Crippen molar-refractivity contribution in [3.05, 3.63) is 29.8 Å². The third kappa shape index (κ3) is 16.7. The monoisotopic (exact) mass is 497 g/mol. The Morgan fingerprint density at radius 3 is 1.26 bits per heavy atom. The fraction of sp³-hybridized carbons (Fsp3) is 0.793. The van der Waals surface area contributed by atoms with Crippen LogP contribution in [0.1, 0.15) is 123 Å². The minimum absolute atomic E-state index is 0.178. The van der Waals surface area contributed by atoms with Crippen molar-refractivity contribution in [2.75, 3.05) is 26.2 Å². The van der Waals surface area contributed by atoms with Crippen LogP contribution in [0.25, 0.3) is 0 Å². The average molecular weight is 498 g/mol. The zero-order valence-electron chi connectivity index (χ0n) is 23.1. The van der Waals surface area contributed by atoms with E-state index < -0.39 is 10.1 Å². The number of unbranched alkanes of at least 4 members (excludes halogenated alkanes) is 10. The SMILES string of the molecule is CCCCCC[N+](CCCC)(CCCCCC)CCCCCC.Cc1ccc(S(=O)(=O)[O-])cc1. The molecule has 200 valence electrons. The molecule has 0 unspecified atom stereocenters. The molecule has 0 amide bonds. The van der Waals surface area contributed by atoms with Gasteiger partial charge in [0.05, 0.1) is 31.1 Å². The summed E-state index contributed by atoms with van der Waals surface area (Å²) in [7, 11) is -4.27. The van der Waals surface area contributed by atoms with Crippen LogP contribution in [0.3, 0.4) is 0 Å². The summed E-state index contributed by atoms with van der Waals surface area (Å²) >= 11 is 0. The van der Waals surface area contributed by atoms with Crippen LogP contribution < -0.4 is 0 Å². The summed E-state index contributed by atoms with van der Waals surface area (Å²) in [5, 5.41) is 0. The maximum atomic E-state index is 10.4. The first kappa shape index (κ1) is 33.1. The average Bonchev–Trinajstić information content (AvgIpc) is 2.81. The summed E-state index contributed by atoms with van der Waals surface area (Å²) < 4.78 is 32.6. The van der Waals surface area contributed by atoms with Gasteiger partial charge in [0, 0.05) is 0 Å². The van der Waals surface area contributed by atoms with Gasteiger partial charge in [0.15, 0.2) is 0 Å². The number of nitrogens with zero attached hydrogens (tertiary/aromatic N) is 1. The van der Waals surface area contributed by atoms with E-state index in [2.05, 4.69) is 27.7 Å². The predicted molar refractivity (Wildman–Crippen MR) is 146 cm³/mol. The largest absolute Gasteiger partial charge is 0.744 e. The van der Waals surface area contributed by atoms with Crippen LogP contribution in [0, 0.1) is 6.92 Å². The van der Waals surface area contributed by atoms with E-state index in [9.17, 15) is 13.0 Å². The lowest BCUT2D eigenvalue weighted by molar-refractivity contribution is -0.929. The molecule has 0 atom stereocenters. The minimum atomic E-state index is -4.27. The Balaban J connectivity index is 0.000000818. The summed E-state index contributed by atoms with van der Waals surface area (Å²) in [6, 6.07) is 5.78. The van der Waals surface area contributed by atoms with Gasteiger partial charge >= 0.3 is 0 Å². The van der Waals surface area contributed by atoms with E-state index in [-0.39, 0.29) is 4.90 Å². The van der Waals surface area contributed by atoms with Crippen molar-refractivity contribution in [3.8, 4) is 0 Å². The van der Waals surface area contributed by atoms with E-state index in [0.717, 1.165) is 5.56 Å². The van der Waals surface area contributed by atoms with Crippen molar-refractivity contribution < 1.29 is 17.5 Å². The first-order valence-electron chi connectivity index (χ1n) is 14.1. The summed E-state index contributed by atoms with van der Waals surface area (Å²) in [5.41, 5.74) is 0.928. The second kappa shape index (κ2) is 20.3. The number of hydrogen-bond acceptors (Lipinski definition) is 3. The maximum Gasteiger partial charge on any atom is 0.124 e. The Hall–Kier alpha value is -0.910. The first-order chi connectivity index (χ1) is 16.2. The van der Waals surface area contributed by atoms with Crippen molar-refractivity contribution in [2.45, 2.75) is 129 Å². The van der Waals surface area contributed by atoms with Gasteiger partial charge in [-0.15, -0.1) is 0 Å². The zero-order chi connectivity index (χ0) is 25.7. The molecule has 0 spiro atoms. The van der Waals surface area contributed by atoms with Gasteiger partial charge in [-0.2, -0.15) is 0 Å². The molecule has 1 aromatic carbocycles. The number of quaternary nitrogens is 1. The second-order valence-corrected chi connectivity index (χ2v) is 11.4. The van der Waals surface area contributed by atoms with Crippen LogP contribution in [0.15, 0.2) is 29.2 Å². The lowest BCUT2D eigenvalue weighted by atomic mass is 10.1. The van der Waals surface area contributed by atoms with Crippen LogP contribution in [0.5, 0.6) is 0 Å². The van der Waals surface area contributed by atoms with E-state index in [1.54, 1.807) is 12.1 Å². The second-order valence-electron chi connectivity index (χ2n) is 10.0. The Morgan fingerprint density at radius 1 is 0.588 bits per heavy atom. The Kier molecular flexibility index (Phi) is 19.8. The molecule has 1 aromatic rings. The van der Waals surface area contributed by atoms with Crippen molar-refractivity contribution in [1.82, 2.24) is 0 Å². The molecule has 0 aromatic heterocycles. The highest BCUT2D eigenvalue weighted by molar-refractivity contribution is 7.85. The van der Waals surface area contributed by atoms with Gasteiger partial charge in [0.25, 0.3) is 0 Å². The number of rotatable bonds is 19. The topological polar surface area (TPSA) is 57.2 Å². The summed E-state index contributed by atoms with van der Waals surface area (Å²) in [6.07, 6.45) is 19.9. The molecular weight excluding hydrogens is 442 g/mol. The molecule has 5 heteroatoms. The number of hydrogen-bond donors (Lipinski definition) is 0. The summed E-state index contributed by atoms with van der Waals surface area (Å²) in [6.45, 7) is 17.0. The van der Waals surface area contributed by atoms with E-state index in [0.29, 0.717) is 0 Å². The highest BCUT2D eigenvalue weighted by Crippen LogP contribution is 2.19. The predicted octanol–water partition coefficient (Wildman–Crippen LogP) is 8.24. The van der Waals surface area contributed by atoms with Gasteiger partial charge in [0.1, 0.15) is 10.1 Å². The lowest BCUT2D eigenvalue weighted by Crippen LogP contribution is -2.50. The zero-order valence-corrected chi connectivity index (χ0v) is 23.9. The smallest absolute Gasteiger partial charge is 0.124 e. The van der Waals surface area contributed by atoms with Crippen LogP contribution in [0.4, 0.5) is 0 Å². The van der Waals surface area contributed by atoms with E-state index >= 15 is 0 Å². The molecule has 4 nitrogen and oxygen atoms in total. The van der Waals surface area contributed by atoms with Gasteiger partial charge < -0.3 is 9.04 Å². The fourth-order valence-corrected chi connectivity index (χ4v) is 4.96. The van der Waals surface area contributed by atoms with Crippen molar-refractivity contribution >= 4 is 10.1 Å². The first-order valence-corrected chi connectivity index (χ1v) is 15.5. The van der Waals surface area contributed by atoms with Crippen LogP contribution in [-0.2, 0) is 10.1 Å². The Bertz CT molecular complexity index is 655. The van der Waals surface area contributed by atoms with Crippen molar-refractivity contribution in [2.24, 2.45) is 0 Å². The standard InChI is InChI=1S/C22H48N.C7H8O3S/c1-5-9-13-16-20-23(19-12-8-4,21-17-14-10-6-2)22-18-15-11-7-3;1-6-2-4-7(5-3-6)11(8,9)10/h5-22H2,1-4H3;2-5H,1H3,(H,8,9,10)/q+1;/p-1. The normalized spacial score (nSPS) is 11.8. The molecule has 0 aliphatic rings.